The third kappa shape index (κ3) is 3.28. The second kappa shape index (κ2) is 6.78. The van der Waals surface area contributed by atoms with Gasteiger partial charge in [-0.05, 0) is 53.2 Å². The molecule has 2 aromatic heterocycles. The number of urea groups is 1. The van der Waals surface area contributed by atoms with Crippen LogP contribution in [0.5, 0.6) is 0 Å². The Balaban J connectivity index is 1.57. The van der Waals surface area contributed by atoms with Gasteiger partial charge in [0.1, 0.15) is 6.26 Å². The van der Waals surface area contributed by atoms with Crippen molar-refractivity contribution in [1.82, 2.24) is 15.2 Å². The Morgan fingerprint density at radius 2 is 2.15 bits per heavy atom. The third-order valence-corrected chi connectivity index (χ3v) is 6.36. The van der Waals surface area contributed by atoms with Gasteiger partial charge in [0.05, 0.1) is 16.0 Å². The van der Waals surface area contributed by atoms with Crippen LogP contribution in [0.1, 0.15) is 17.5 Å². The van der Waals surface area contributed by atoms with Crippen molar-refractivity contribution in [2.45, 2.75) is 19.0 Å². The Hall–Kier alpha value is -2.16. The number of carbonyl (C=O) groups excluding carboxylic acids is 2. The van der Waals surface area contributed by atoms with E-state index < -0.39 is 11.6 Å². The van der Waals surface area contributed by atoms with Crippen LogP contribution in [-0.2, 0) is 16.9 Å². The molecule has 9 heteroatoms. The van der Waals surface area contributed by atoms with Crippen molar-refractivity contribution in [3.8, 4) is 11.5 Å². The lowest BCUT2D eigenvalue weighted by atomic mass is 10.0. The zero-order chi connectivity index (χ0) is 19.2. The fraction of sp³-hybridized carbons (Fsp3) is 0.167. The van der Waals surface area contributed by atoms with E-state index in [9.17, 15) is 9.59 Å². The smallest absolute Gasteiger partial charge is 0.325 e. The van der Waals surface area contributed by atoms with E-state index in [1.165, 1.54) is 17.6 Å². The van der Waals surface area contributed by atoms with Crippen LogP contribution in [-0.4, -0.2) is 21.8 Å². The Kier molecular flexibility index (Phi) is 4.57. The number of hydrogen-bond acceptors (Lipinski definition) is 5. The fourth-order valence-electron chi connectivity index (χ4n) is 2.89. The number of halogens is 2. The highest BCUT2D eigenvalue weighted by atomic mass is 79.9. The Morgan fingerprint density at radius 3 is 2.85 bits per heavy atom. The molecule has 0 bridgehead atoms. The summed E-state index contributed by atoms with van der Waals surface area (Å²) in [6.07, 6.45) is 1.44. The molecule has 6 nitrogen and oxygen atoms in total. The van der Waals surface area contributed by atoms with Crippen molar-refractivity contribution in [2.75, 3.05) is 0 Å². The number of imide groups is 1. The first-order chi connectivity index (χ1) is 12.9. The molecule has 0 spiro atoms. The highest BCUT2D eigenvalue weighted by Gasteiger charge is 2.50. The molecule has 1 aliphatic heterocycles. The number of rotatable bonds is 4. The maximum atomic E-state index is 12.9. The van der Waals surface area contributed by atoms with Gasteiger partial charge < -0.3 is 9.73 Å². The fourth-order valence-corrected chi connectivity index (χ4v) is 4.56. The molecule has 4 rings (SSSR count). The van der Waals surface area contributed by atoms with Crippen molar-refractivity contribution in [1.29, 1.82) is 0 Å². The van der Waals surface area contributed by atoms with Crippen LogP contribution in [0.2, 0.25) is 5.02 Å². The van der Waals surface area contributed by atoms with Gasteiger partial charge in [-0.25, -0.2) is 9.78 Å². The molecule has 1 atom stereocenters. The van der Waals surface area contributed by atoms with E-state index in [1.54, 1.807) is 25.1 Å². The zero-order valence-corrected chi connectivity index (χ0v) is 17.2. The van der Waals surface area contributed by atoms with Gasteiger partial charge in [-0.15, -0.1) is 11.3 Å². The molecule has 3 amide bonds. The number of aromatic nitrogens is 1. The summed E-state index contributed by atoms with van der Waals surface area (Å²) in [7, 11) is 0. The van der Waals surface area contributed by atoms with Crippen LogP contribution < -0.4 is 5.32 Å². The maximum absolute atomic E-state index is 12.9. The molecule has 1 saturated heterocycles. The van der Waals surface area contributed by atoms with Gasteiger partial charge in [0.2, 0.25) is 5.89 Å². The Bertz CT molecular complexity index is 1050. The predicted molar refractivity (Wildman–Crippen MR) is 105 cm³/mol. The Morgan fingerprint density at radius 1 is 1.33 bits per heavy atom. The molecule has 3 aromatic rings. The van der Waals surface area contributed by atoms with Crippen molar-refractivity contribution in [3.05, 3.63) is 62.0 Å². The number of benzene rings is 1. The van der Waals surface area contributed by atoms with E-state index in [1.807, 2.05) is 18.2 Å². The minimum absolute atomic E-state index is 0.0247. The molecule has 3 heterocycles. The second-order valence-electron chi connectivity index (χ2n) is 6.20. The number of carbonyl (C=O) groups is 2. The number of nitrogens with one attached hydrogen (secondary N) is 1. The average Bonchev–Trinajstić information content (AvgIpc) is 3.32. The van der Waals surface area contributed by atoms with Crippen LogP contribution in [0.4, 0.5) is 4.79 Å². The molecule has 0 radical (unpaired) electrons. The molecule has 138 valence electrons. The lowest BCUT2D eigenvalue weighted by Crippen LogP contribution is -2.40. The molecule has 1 aliphatic rings. The molecule has 1 aromatic carbocycles. The maximum Gasteiger partial charge on any atom is 0.325 e. The van der Waals surface area contributed by atoms with E-state index >= 15 is 0 Å². The van der Waals surface area contributed by atoms with Gasteiger partial charge >= 0.3 is 6.03 Å². The van der Waals surface area contributed by atoms with Crippen molar-refractivity contribution >= 4 is 50.8 Å². The molecule has 1 unspecified atom stereocenters. The summed E-state index contributed by atoms with van der Waals surface area (Å²) in [5.74, 6) is 0.0543. The number of nitrogens with zero attached hydrogens (tertiary/aromatic N) is 2. The quantitative estimate of drug-likeness (QED) is 0.561. The molecule has 1 N–H and O–H groups in total. The standard InChI is InChI=1S/C18H13BrClN3O3S/c1-18(13-5-6-14(19)27-13)16(24)23(17(25)22-18)8-12-9-26-15(21-12)10-3-2-4-11(20)7-10/h2-7,9H,8H2,1H3,(H,22,25). The zero-order valence-electron chi connectivity index (χ0n) is 14.0. The SMILES string of the molecule is CC1(c2ccc(Br)s2)NC(=O)N(Cc2coc(-c3cccc(Cl)c3)n2)C1=O. The highest BCUT2D eigenvalue weighted by Crippen LogP contribution is 2.36. The van der Waals surface area contributed by atoms with Gasteiger partial charge in [-0.3, -0.25) is 9.69 Å². The van der Waals surface area contributed by atoms with Crippen molar-refractivity contribution < 1.29 is 14.0 Å². The number of amides is 3. The van der Waals surface area contributed by atoms with Gasteiger partial charge in [0.25, 0.3) is 5.91 Å². The average molecular weight is 467 g/mol. The van der Waals surface area contributed by atoms with Crippen LogP contribution in [0.25, 0.3) is 11.5 Å². The van der Waals surface area contributed by atoms with Crippen LogP contribution in [0.3, 0.4) is 0 Å². The summed E-state index contributed by atoms with van der Waals surface area (Å²) in [5, 5.41) is 3.35. The molecular weight excluding hydrogens is 454 g/mol. The van der Waals surface area contributed by atoms with Gasteiger partial charge in [0.15, 0.2) is 5.54 Å². The summed E-state index contributed by atoms with van der Waals surface area (Å²) >= 11 is 10.8. The number of hydrogen-bond donors (Lipinski definition) is 1. The third-order valence-electron chi connectivity index (χ3n) is 4.28. The largest absolute Gasteiger partial charge is 0.444 e. The van der Waals surface area contributed by atoms with E-state index in [4.69, 9.17) is 16.0 Å². The lowest BCUT2D eigenvalue weighted by molar-refractivity contribution is -0.131. The minimum Gasteiger partial charge on any atom is -0.444 e. The first-order valence-corrected chi connectivity index (χ1v) is 9.96. The summed E-state index contributed by atoms with van der Waals surface area (Å²) < 4.78 is 6.37. The first kappa shape index (κ1) is 18.2. The molecule has 1 fully saturated rings. The number of thiophene rings is 1. The van der Waals surface area contributed by atoms with E-state index in [-0.39, 0.29) is 12.5 Å². The molecule has 0 saturated carbocycles. The van der Waals surface area contributed by atoms with E-state index in [0.717, 1.165) is 19.1 Å². The molecule has 0 aliphatic carbocycles. The van der Waals surface area contributed by atoms with E-state index in [2.05, 4.69) is 26.2 Å². The predicted octanol–water partition coefficient (Wildman–Crippen LogP) is 4.79. The topological polar surface area (TPSA) is 75.4 Å². The summed E-state index contributed by atoms with van der Waals surface area (Å²) in [6, 6.07) is 10.3. The van der Waals surface area contributed by atoms with Crippen LogP contribution in [0.15, 0.2) is 50.9 Å². The minimum atomic E-state index is -1.09. The van der Waals surface area contributed by atoms with Gasteiger partial charge in [0, 0.05) is 15.5 Å². The molecular formula is C18H13BrClN3O3S. The second-order valence-corrected chi connectivity index (χ2v) is 9.10. The normalized spacial score (nSPS) is 19.6. The first-order valence-electron chi connectivity index (χ1n) is 7.97. The van der Waals surface area contributed by atoms with Crippen LogP contribution in [0, 0.1) is 0 Å². The summed E-state index contributed by atoms with van der Waals surface area (Å²) in [4.78, 5) is 31.6. The van der Waals surface area contributed by atoms with Crippen molar-refractivity contribution in [3.63, 3.8) is 0 Å². The monoisotopic (exact) mass is 465 g/mol. The number of oxazole rings is 1. The van der Waals surface area contributed by atoms with Crippen molar-refractivity contribution in [2.24, 2.45) is 0 Å². The Labute approximate surface area is 172 Å². The van der Waals surface area contributed by atoms with Gasteiger partial charge in [-0.1, -0.05) is 17.7 Å². The summed E-state index contributed by atoms with van der Waals surface area (Å²) in [5.41, 5.74) is 0.108. The van der Waals surface area contributed by atoms with Crippen LogP contribution >= 0.6 is 38.9 Å². The van der Waals surface area contributed by atoms with E-state index in [0.29, 0.717) is 16.6 Å². The summed E-state index contributed by atoms with van der Waals surface area (Å²) in [6.45, 7) is 1.72. The lowest BCUT2D eigenvalue weighted by Gasteiger charge is -2.19. The highest BCUT2D eigenvalue weighted by molar-refractivity contribution is 9.11. The van der Waals surface area contributed by atoms with Gasteiger partial charge in [-0.2, -0.15) is 0 Å². The molecule has 27 heavy (non-hydrogen) atoms.